The van der Waals surface area contributed by atoms with E-state index >= 15 is 0 Å². The molecule has 1 nitrogen and oxygen atoms in total. The Hall–Kier alpha value is -1.37. The molecule has 1 aromatic heterocycles. The molecule has 1 aromatic rings. The fourth-order valence-corrected chi connectivity index (χ4v) is 1.32. The number of rotatable bonds is 2. The Labute approximate surface area is 85.5 Å². The van der Waals surface area contributed by atoms with Crippen LogP contribution in [0.15, 0.2) is 30.0 Å². The summed E-state index contributed by atoms with van der Waals surface area (Å²) in [6.07, 6.45) is 6.03. The molecule has 1 rings (SSSR count). The molecule has 0 saturated heterocycles. The summed E-state index contributed by atoms with van der Waals surface area (Å²) in [6, 6.07) is 3.89. The summed E-state index contributed by atoms with van der Waals surface area (Å²) in [5.74, 6) is 0.529. The summed E-state index contributed by atoms with van der Waals surface area (Å²) in [7, 11) is 0. The van der Waals surface area contributed by atoms with Crippen molar-refractivity contribution in [2.75, 3.05) is 0 Å². The smallest absolute Gasteiger partial charge is 0.0698 e. The molecular weight excluding hydrogens is 170 g/mol. The van der Waals surface area contributed by atoms with E-state index in [1.165, 1.54) is 5.57 Å². The van der Waals surface area contributed by atoms with E-state index in [2.05, 4.69) is 44.5 Å². The van der Waals surface area contributed by atoms with Crippen molar-refractivity contribution in [1.82, 2.24) is 4.98 Å². The van der Waals surface area contributed by atoms with Crippen LogP contribution in [0.2, 0.25) is 0 Å². The number of nitrogens with zero attached hydrogens (tertiary/aromatic N) is 1. The highest BCUT2D eigenvalue weighted by atomic mass is 14.6. The number of hydrogen-bond donors (Lipinski definition) is 0. The van der Waals surface area contributed by atoms with E-state index in [9.17, 15) is 0 Å². The highest BCUT2D eigenvalue weighted by Gasteiger charge is 1.97. The van der Waals surface area contributed by atoms with E-state index in [1.807, 2.05) is 12.1 Å². The molecule has 0 unspecified atom stereocenters. The number of aromatic nitrogens is 1. The van der Waals surface area contributed by atoms with Crippen LogP contribution >= 0.6 is 0 Å². The molecule has 0 bridgehead atoms. The van der Waals surface area contributed by atoms with Gasteiger partial charge in [0.05, 0.1) is 5.35 Å². The lowest BCUT2D eigenvalue weighted by Crippen LogP contribution is -2.26. The predicted octanol–water partition coefficient (Wildman–Crippen LogP) is 1.87. The second kappa shape index (κ2) is 4.75. The fraction of sp³-hybridized carbons (Fsp3) is 0.308. The second-order valence-corrected chi connectivity index (χ2v) is 3.64. The lowest BCUT2D eigenvalue weighted by atomic mass is 10.0. The van der Waals surface area contributed by atoms with Gasteiger partial charge in [-0.1, -0.05) is 32.6 Å². The Morgan fingerprint density at radius 1 is 1.50 bits per heavy atom. The molecule has 0 aliphatic rings. The van der Waals surface area contributed by atoms with Crippen LogP contribution in [0.25, 0.3) is 12.7 Å². The lowest BCUT2D eigenvalue weighted by molar-refractivity contribution is 0.799. The van der Waals surface area contributed by atoms with Gasteiger partial charge >= 0.3 is 0 Å². The molecular formula is C13H17N. The van der Waals surface area contributed by atoms with Gasteiger partial charge in [-0.3, -0.25) is 4.98 Å². The van der Waals surface area contributed by atoms with Gasteiger partial charge in [0.25, 0.3) is 0 Å². The maximum Gasteiger partial charge on any atom is 0.0698 e. The van der Waals surface area contributed by atoms with E-state index in [0.29, 0.717) is 5.92 Å². The van der Waals surface area contributed by atoms with Gasteiger partial charge in [0, 0.05) is 6.20 Å². The minimum absolute atomic E-state index is 0.529. The van der Waals surface area contributed by atoms with Crippen LogP contribution in [0, 0.1) is 5.92 Å². The fourth-order valence-electron chi connectivity index (χ4n) is 1.32. The Kier molecular flexibility index (Phi) is 3.63. The molecule has 0 radical (unpaired) electrons. The van der Waals surface area contributed by atoms with E-state index in [-0.39, 0.29) is 0 Å². The molecule has 74 valence electrons. The normalized spacial score (nSPS) is 13.7. The maximum atomic E-state index is 4.29. The first-order chi connectivity index (χ1) is 6.65. The first-order valence-corrected chi connectivity index (χ1v) is 4.93. The average molecular weight is 187 g/mol. The summed E-state index contributed by atoms with van der Waals surface area (Å²) in [5.41, 5.74) is 1.30. The van der Waals surface area contributed by atoms with Crippen molar-refractivity contribution in [1.29, 1.82) is 0 Å². The number of allylic oxidation sites excluding steroid dienone is 2. The van der Waals surface area contributed by atoms with Crippen LogP contribution in [0.4, 0.5) is 0 Å². The van der Waals surface area contributed by atoms with Gasteiger partial charge in [-0.25, -0.2) is 0 Å². The van der Waals surface area contributed by atoms with Crippen LogP contribution in [-0.2, 0) is 0 Å². The Balaban J connectivity index is 3.23. The zero-order valence-electron chi connectivity index (χ0n) is 9.12. The first kappa shape index (κ1) is 10.7. The first-order valence-electron chi connectivity index (χ1n) is 4.93. The Morgan fingerprint density at radius 3 is 2.71 bits per heavy atom. The second-order valence-electron chi connectivity index (χ2n) is 3.64. The third kappa shape index (κ3) is 2.56. The summed E-state index contributed by atoms with van der Waals surface area (Å²) < 4.78 is 0. The molecule has 0 aliphatic heterocycles. The third-order valence-corrected chi connectivity index (χ3v) is 2.23. The van der Waals surface area contributed by atoms with Gasteiger partial charge in [-0.05, 0) is 35.8 Å². The van der Waals surface area contributed by atoms with Crippen molar-refractivity contribution in [3.63, 3.8) is 0 Å². The van der Waals surface area contributed by atoms with E-state index in [0.717, 1.165) is 10.6 Å². The van der Waals surface area contributed by atoms with Gasteiger partial charge in [0.15, 0.2) is 0 Å². The van der Waals surface area contributed by atoms with E-state index < -0.39 is 0 Å². The Bertz CT molecular complexity index is 427. The van der Waals surface area contributed by atoms with E-state index in [4.69, 9.17) is 0 Å². The van der Waals surface area contributed by atoms with Gasteiger partial charge in [0.1, 0.15) is 0 Å². The largest absolute Gasteiger partial charge is 0.256 e. The molecule has 0 aliphatic carbocycles. The molecule has 1 heteroatoms. The summed E-state index contributed by atoms with van der Waals surface area (Å²) in [6.45, 7) is 10.4. The van der Waals surface area contributed by atoms with Crippen LogP contribution < -0.4 is 10.6 Å². The SMILES string of the molecule is C=c1cccn/c1=C/C(=C\C)C(C)C. The maximum absolute atomic E-state index is 4.29. The predicted molar refractivity (Wildman–Crippen MR) is 62.1 cm³/mol. The zero-order chi connectivity index (χ0) is 10.6. The van der Waals surface area contributed by atoms with Gasteiger partial charge in [0.2, 0.25) is 0 Å². The number of pyridine rings is 1. The quantitative estimate of drug-likeness (QED) is 0.689. The molecule has 0 saturated carbocycles. The van der Waals surface area contributed by atoms with Crippen molar-refractivity contribution in [2.24, 2.45) is 5.92 Å². The molecule has 0 N–H and O–H groups in total. The molecule has 14 heavy (non-hydrogen) atoms. The summed E-state index contributed by atoms with van der Waals surface area (Å²) in [4.78, 5) is 4.29. The summed E-state index contributed by atoms with van der Waals surface area (Å²) >= 11 is 0. The van der Waals surface area contributed by atoms with E-state index in [1.54, 1.807) is 6.20 Å². The number of hydrogen-bond acceptors (Lipinski definition) is 1. The monoisotopic (exact) mass is 187 g/mol. The van der Waals surface area contributed by atoms with Crippen LogP contribution in [0.3, 0.4) is 0 Å². The van der Waals surface area contributed by atoms with Crippen LogP contribution in [0.1, 0.15) is 20.8 Å². The summed E-state index contributed by atoms with van der Waals surface area (Å²) in [5, 5.41) is 1.95. The van der Waals surface area contributed by atoms with Gasteiger partial charge in [-0.2, -0.15) is 0 Å². The molecule has 1 heterocycles. The molecule has 0 spiro atoms. The lowest BCUT2D eigenvalue weighted by Gasteiger charge is -2.04. The average Bonchev–Trinajstić information content (AvgIpc) is 2.16. The molecule has 0 aromatic carbocycles. The third-order valence-electron chi connectivity index (χ3n) is 2.23. The highest BCUT2D eigenvalue weighted by Crippen LogP contribution is 2.09. The molecule has 0 fully saturated rings. The Morgan fingerprint density at radius 2 is 2.21 bits per heavy atom. The van der Waals surface area contributed by atoms with Gasteiger partial charge < -0.3 is 0 Å². The van der Waals surface area contributed by atoms with Crippen molar-refractivity contribution in [3.05, 3.63) is 40.5 Å². The standard InChI is InChI=1S/C13H17N/c1-5-12(10(2)3)9-13-11(4)7-6-8-14-13/h5-10H,4H2,1-3H3/b12-5+,13-9+. The van der Waals surface area contributed by atoms with Crippen molar-refractivity contribution < 1.29 is 0 Å². The van der Waals surface area contributed by atoms with Crippen LogP contribution in [-0.4, -0.2) is 4.98 Å². The van der Waals surface area contributed by atoms with Crippen molar-refractivity contribution >= 4 is 12.7 Å². The zero-order valence-corrected chi connectivity index (χ0v) is 9.12. The topological polar surface area (TPSA) is 12.9 Å². The van der Waals surface area contributed by atoms with Crippen molar-refractivity contribution in [3.8, 4) is 0 Å². The minimum Gasteiger partial charge on any atom is -0.256 e. The van der Waals surface area contributed by atoms with Crippen LogP contribution in [0.5, 0.6) is 0 Å². The van der Waals surface area contributed by atoms with Crippen molar-refractivity contribution in [2.45, 2.75) is 20.8 Å². The minimum atomic E-state index is 0.529. The molecule has 0 atom stereocenters. The highest BCUT2D eigenvalue weighted by molar-refractivity contribution is 5.45. The van der Waals surface area contributed by atoms with Gasteiger partial charge in [-0.15, -0.1) is 0 Å². The molecule has 0 amide bonds.